The third kappa shape index (κ3) is 6.94. The molecule has 9 aromatic rings. The SMILES string of the molecule is N#Cc1cccc(-c2ccc(-c3cc(-c4ccccc4)nc(-c4ccc5c(-c6nc(-c7ccccc7)nc(-c7cccc(C89CCC(CC8)C9)c7)n6)cccc5c4)n3)cc2)c1. The van der Waals surface area contributed by atoms with Crippen LogP contribution in [-0.4, -0.2) is 24.9 Å². The minimum atomic E-state index is 0.286. The molecule has 11 rings (SSSR count). The van der Waals surface area contributed by atoms with E-state index in [9.17, 15) is 5.26 Å². The Labute approximate surface area is 355 Å². The maximum Gasteiger partial charge on any atom is 0.164 e. The van der Waals surface area contributed by atoms with E-state index in [2.05, 4.69) is 121 Å². The van der Waals surface area contributed by atoms with Crippen LogP contribution in [0.25, 0.3) is 90.0 Å². The molecule has 61 heavy (non-hydrogen) atoms. The maximum atomic E-state index is 9.44. The molecule has 2 aromatic heterocycles. The molecule has 0 unspecified atom stereocenters. The molecule has 2 aliphatic rings. The molecule has 2 saturated carbocycles. The molecule has 2 bridgehead atoms. The number of hydrogen-bond acceptors (Lipinski definition) is 6. The lowest BCUT2D eigenvalue weighted by molar-refractivity contribution is 0.419. The van der Waals surface area contributed by atoms with Gasteiger partial charge in [-0.3, -0.25) is 0 Å². The Morgan fingerprint density at radius 1 is 0.443 bits per heavy atom. The molecule has 0 N–H and O–H groups in total. The predicted molar refractivity (Wildman–Crippen MR) is 244 cm³/mol. The van der Waals surface area contributed by atoms with Crippen molar-refractivity contribution in [2.45, 2.75) is 37.5 Å². The summed E-state index contributed by atoms with van der Waals surface area (Å²) in [5.74, 6) is 3.48. The van der Waals surface area contributed by atoms with Gasteiger partial charge in [-0.05, 0) is 101 Å². The minimum absolute atomic E-state index is 0.286. The van der Waals surface area contributed by atoms with Crippen molar-refractivity contribution >= 4 is 10.8 Å². The van der Waals surface area contributed by atoms with Crippen molar-refractivity contribution in [2.75, 3.05) is 0 Å². The molecule has 7 aromatic carbocycles. The van der Waals surface area contributed by atoms with E-state index in [1.165, 1.54) is 37.7 Å². The average Bonchev–Trinajstić information content (AvgIpc) is 3.97. The topological polar surface area (TPSA) is 88.2 Å². The third-order valence-corrected chi connectivity index (χ3v) is 12.8. The van der Waals surface area contributed by atoms with Crippen molar-refractivity contribution in [3.8, 4) is 85.3 Å². The van der Waals surface area contributed by atoms with Gasteiger partial charge in [0.1, 0.15) is 0 Å². The van der Waals surface area contributed by atoms with Crippen LogP contribution < -0.4 is 0 Å². The maximum absolute atomic E-state index is 9.44. The zero-order valence-electron chi connectivity index (χ0n) is 33.5. The first-order valence-corrected chi connectivity index (χ1v) is 21.1. The largest absolute Gasteiger partial charge is 0.228 e. The van der Waals surface area contributed by atoms with Gasteiger partial charge in [-0.2, -0.15) is 5.26 Å². The molecule has 2 fully saturated rings. The number of rotatable bonds is 8. The highest BCUT2D eigenvalue weighted by atomic mass is 15.0. The van der Waals surface area contributed by atoms with Gasteiger partial charge in [-0.15, -0.1) is 0 Å². The van der Waals surface area contributed by atoms with Gasteiger partial charge in [0.05, 0.1) is 23.0 Å². The van der Waals surface area contributed by atoms with E-state index in [0.29, 0.717) is 28.9 Å². The van der Waals surface area contributed by atoms with Crippen molar-refractivity contribution in [3.63, 3.8) is 0 Å². The third-order valence-electron chi connectivity index (χ3n) is 12.8. The zero-order chi connectivity index (χ0) is 40.8. The number of benzene rings is 7. The predicted octanol–water partition coefficient (Wildman–Crippen LogP) is 13.2. The van der Waals surface area contributed by atoms with Crippen LogP contribution in [0.15, 0.2) is 176 Å². The fourth-order valence-electron chi connectivity index (χ4n) is 9.63. The Morgan fingerprint density at radius 3 is 1.74 bits per heavy atom. The Hall–Kier alpha value is -7.62. The van der Waals surface area contributed by atoms with Crippen LogP contribution in [0.2, 0.25) is 0 Å². The summed E-state index contributed by atoms with van der Waals surface area (Å²) >= 11 is 0. The van der Waals surface area contributed by atoms with Crippen LogP contribution >= 0.6 is 0 Å². The van der Waals surface area contributed by atoms with E-state index in [4.69, 9.17) is 24.9 Å². The summed E-state index contributed by atoms with van der Waals surface area (Å²) in [4.78, 5) is 25.8. The van der Waals surface area contributed by atoms with Gasteiger partial charge in [-0.1, -0.05) is 146 Å². The molecule has 2 heterocycles. The highest BCUT2D eigenvalue weighted by Crippen LogP contribution is 2.55. The number of nitrogens with zero attached hydrogens (tertiary/aromatic N) is 6. The lowest BCUT2D eigenvalue weighted by Crippen LogP contribution is -2.19. The molecule has 0 radical (unpaired) electrons. The first-order valence-electron chi connectivity index (χ1n) is 21.1. The van der Waals surface area contributed by atoms with Gasteiger partial charge in [0, 0.05) is 33.4 Å². The van der Waals surface area contributed by atoms with Gasteiger partial charge < -0.3 is 0 Å². The number of aromatic nitrogens is 5. The van der Waals surface area contributed by atoms with E-state index in [0.717, 1.165) is 72.6 Å². The zero-order valence-corrected chi connectivity index (χ0v) is 33.5. The Morgan fingerprint density at radius 2 is 1.02 bits per heavy atom. The number of hydrogen-bond donors (Lipinski definition) is 0. The summed E-state index contributed by atoms with van der Waals surface area (Å²) in [5, 5.41) is 11.5. The lowest BCUT2D eigenvalue weighted by Gasteiger charge is -2.27. The van der Waals surface area contributed by atoms with Gasteiger partial charge in [0.2, 0.25) is 0 Å². The summed E-state index contributed by atoms with van der Waals surface area (Å²) in [5.41, 5.74) is 11.9. The summed E-state index contributed by atoms with van der Waals surface area (Å²) in [6, 6.07) is 62.5. The molecule has 0 amide bonds. The van der Waals surface area contributed by atoms with Crippen LogP contribution in [0.5, 0.6) is 0 Å². The van der Waals surface area contributed by atoms with Crippen LogP contribution in [-0.2, 0) is 5.41 Å². The standard InChI is InChI=1S/C55H40N6/c56-35-37-10-7-15-42(30-37)38-20-22-40(23-21-38)50-33-49(39-11-3-1-4-12-39)57-52(58-50)45-24-25-47-43(31-45)16-9-19-48(47)54-60-51(41-13-5-2-6-14-41)59-53(61-54)44-17-8-18-46(32-44)55-28-26-36(34-55)27-29-55/h1-25,30-33,36H,26-29,34H2. The van der Waals surface area contributed by atoms with E-state index < -0.39 is 0 Å². The molecular weight excluding hydrogens is 745 g/mol. The van der Waals surface area contributed by atoms with Crippen LogP contribution in [0, 0.1) is 17.2 Å². The van der Waals surface area contributed by atoms with Gasteiger partial charge in [0.15, 0.2) is 23.3 Å². The van der Waals surface area contributed by atoms with Crippen molar-refractivity contribution in [1.82, 2.24) is 24.9 Å². The Balaban J connectivity index is 0.995. The van der Waals surface area contributed by atoms with Crippen molar-refractivity contribution in [2.24, 2.45) is 5.92 Å². The highest BCUT2D eigenvalue weighted by Gasteiger charge is 2.45. The van der Waals surface area contributed by atoms with E-state index in [-0.39, 0.29) is 5.41 Å². The first kappa shape index (κ1) is 36.5. The normalized spacial score (nSPS) is 16.7. The van der Waals surface area contributed by atoms with E-state index in [1.54, 1.807) is 0 Å². The lowest BCUT2D eigenvalue weighted by atomic mass is 9.77. The van der Waals surface area contributed by atoms with Crippen molar-refractivity contribution in [1.29, 1.82) is 5.26 Å². The number of fused-ring (bicyclic) bond motifs is 3. The summed E-state index contributed by atoms with van der Waals surface area (Å²) in [7, 11) is 0. The molecule has 2 aliphatic carbocycles. The highest BCUT2D eigenvalue weighted by molar-refractivity contribution is 5.97. The van der Waals surface area contributed by atoms with Gasteiger partial charge in [-0.25, -0.2) is 24.9 Å². The van der Waals surface area contributed by atoms with Crippen molar-refractivity contribution < 1.29 is 0 Å². The van der Waals surface area contributed by atoms with Gasteiger partial charge in [0.25, 0.3) is 0 Å². The second-order valence-electron chi connectivity index (χ2n) is 16.5. The monoisotopic (exact) mass is 784 g/mol. The summed E-state index contributed by atoms with van der Waals surface area (Å²) in [6.45, 7) is 0. The minimum Gasteiger partial charge on any atom is -0.228 e. The van der Waals surface area contributed by atoms with Crippen LogP contribution in [0.1, 0.15) is 43.2 Å². The van der Waals surface area contributed by atoms with Crippen molar-refractivity contribution in [3.05, 3.63) is 187 Å². The molecule has 0 aliphatic heterocycles. The smallest absolute Gasteiger partial charge is 0.164 e. The molecule has 0 atom stereocenters. The van der Waals surface area contributed by atoms with Crippen LogP contribution in [0.4, 0.5) is 0 Å². The fourth-order valence-corrected chi connectivity index (χ4v) is 9.63. The molecule has 0 spiro atoms. The second kappa shape index (κ2) is 15.2. The molecule has 6 heteroatoms. The Bertz CT molecular complexity index is 3130. The van der Waals surface area contributed by atoms with E-state index >= 15 is 0 Å². The molecular formula is C55H40N6. The molecule has 290 valence electrons. The number of nitriles is 1. The van der Waals surface area contributed by atoms with E-state index in [1.807, 2.05) is 60.7 Å². The average molecular weight is 785 g/mol. The molecule has 6 nitrogen and oxygen atoms in total. The van der Waals surface area contributed by atoms with Crippen LogP contribution in [0.3, 0.4) is 0 Å². The Kier molecular flexibility index (Phi) is 9.08. The quantitative estimate of drug-likeness (QED) is 0.152. The summed E-state index contributed by atoms with van der Waals surface area (Å²) in [6.07, 6.45) is 6.51. The summed E-state index contributed by atoms with van der Waals surface area (Å²) < 4.78 is 0. The second-order valence-corrected chi connectivity index (χ2v) is 16.5. The first-order chi connectivity index (χ1) is 30.1. The fraction of sp³-hybridized carbons (Fsp3) is 0.127. The van der Waals surface area contributed by atoms with Gasteiger partial charge >= 0.3 is 0 Å². The molecule has 0 saturated heterocycles.